The molecule has 0 saturated carbocycles. The molecule has 8 heteroatoms. The molecule has 3 amide bonds. The van der Waals surface area contributed by atoms with Gasteiger partial charge in [-0.15, -0.1) is 0 Å². The highest BCUT2D eigenvalue weighted by atomic mass is 32.2. The normalized spacial score (nSPS) is 13.2. The summed E-state index contributed by atoms with van der Waals surface area (Å²) in [6.45, 7) is 6.57. The third kappa shape index (κ3) is 5.55. The Labute approximate surface area is 136 Å². The molecule has 1 rings (SSSR count). The van der Waals surface area contributed by atoms with Crippen LogP contribution in [0.15, 0.2) is 24.3 Å². The molecule has 0 aliphatic heterocycles. The summed E-state index contributed by atoms with van der Waals surface area (Å²) >= 11 is 0. The monoisotopic (exact) mass is 341 g/mol. The van der Waals surface area contributed by atoms with Gasteiger partial charge in [0.2, 0.25) is 5.91 Å². The molecular formula is C15H23N3O4S. The van der Waals surface area contributed by atoms with Crippen molar-refractivity contribution in [3.63, 3.8) is 0 Å². The van der Waals surface area contributed by atoms with Crippen LogP contribution in [0.1, 0.15) is 33.3 Å². The minimum Gasteiger partial charge on any atom is -0.374 e. The first-order valence-corrected chi connectivity index (χ1v) is 8.75. The first kappa shape index (κ1) is 19.0. The van der Waals surface area contributed by atoms with Crippen LogP contribution in [0, 0.1) is 0 Å². The average Bonchev–Trinajstić information content (AvgIpc) is 2.38. The molecule has 1 aromatic rings. The highest BCUT2D eigenvalue weighted by molar-refractivity contribution is 7.91. The molecule has 0 radical (unpaired) electrons. The van der Waals surface area contributed by atoms with Crippen molar-refractivity contribution >= 4 is 27.5 Å². The minimum atomic E-state index is -3.25. The number of imide groups is 1. The fourth-order valence-corrected chi connectivity index (χ4v) is 2.74. The summed E-state index contributed by atoms with van der Waals surface area (Å²) < 4.78 is 23.5. The third-order valence-corrected chi connectivity index (χ3v) is 5.85. The van der Waals surface area contributed by atoms with Gasteiger partial charge in [-0.2, -0.15) is 0 Å². The predicted octanol–water partition coefficient (Wildman–Crippen LogP) is 1.40. The maximum absolute atomic E-state index is 12.2. The van der Waals surface area contributed by atoms with Crippen molar-refractivity contribution in [3.05, 3.63) is 29.8 Å². The largest absolute Gasteiger partial charge is 0.374 e. The van der Waals surface area contributed by atoms with Crippen LogP contribution in [0.5, 0.6) is 0 Å². The van der Waals surface area contributed by atoms with Crippen LogP contribution in [0.2, 0.25) is 0 Å². The van der Waals surface area contributed by atoms with E-state index in [9.17, 15) is 18.0 Å². The van der Waals surface area contributed by atoms with Crippen molar-refractivity contribution in [2.45, 2.75) is 44.2 Å². The van der Waals surface area contributed by atoms with E-state index < -0.39 is 32.6 Å². The van der Waals surface area contributed by atoms with Gasteiger partial charge in [-0.05, 0) is 45.4 Å². The summed E-state index contributed by atoms with van der Waals surface area (Å²) in [4.78, 5) is 22.2. The maximum atomic E-state index is 12.2. The molecule has 0 heterocycles. The number of carbonyl (C=O) groups excluding carboxylic acids is 2. The lowest BCUT2D eigenvalue weighted by atomic mass is 10.2. The van der Waals surface area contributed by atoms with Gasteiger partial charge in [-0.25, -0.2) is 13.2 Å². The second-order valence-corrected chi connectivity index (χ2v) is 9.03. The molecule has 0 fully saturated rings. The average molecular weight is 341 g/mol. The van der Waals surface area contributed by atoms with E-state index in [1.54, 1.807) is 52.0 Å². The Bertz CT molecular complexity index is 676. The van der Waals surface area contributed by atoms with Crippen molar-refractivity contribution in [1.29, 1.82) is 0 Å². The lowest BCUT2D eigenvalue weighted by molar-refractivity contribution is -0.120. The predicted molar refractivity (Wildman–Crippen MR) is 89.6 cm³/mol. The molecular weight excluding hydrogens is 318 g/mol. The highest BCUT2D eigenvalue weighted by Gasteiger charge is 2.28. The Morgan fingerprint density at radius 3 is 2.13 bits per heavy atom. The Hall–Kier alpha value is -2.09. The minimum absolute atomic E-state index is 0.0471. The van der Waals surface area contributed by atoms with E-state index in [1.165, 1.54) is 0 Å². The summed E-state index contributed by atoms with van der Waals surface area (Å²) in [7, 11) is -3.25. The zero-order valence-electron chi connectivity index (χ0n) is 13.7. The Balaban J connectivity index is 2.74. The van der Waals surface area contributed by atoms with Crippen LogP contribution in [0.3, 0.4) is 0 Å². The summed E-state index contributed by atoms with van der Waals surface area (Å²) in [6, 6.07) is 5.16. The number of hydrogen-bond donors (Lipinski definition) is 3. The molecule has 1 aromatic carbocycles. The van der Waals surface area contributed by atoms with E-state index in [1.807, 2.05) is 5.32 Å². The first-order chi connectivity index (χ1) is 10.4. The fraction of sp³-hybridized carbons (Fsp3) is 0.467. The van der Waals surface area contributed by atoms with Crippen molar-refractivity contribution in [2.75, 3.05) is 5.32 Å². The van der Waals surface area contributed by atoms with Crippen LogP contribution in [-0.4, -0.2) is 31.1 Å². The maximum Gasteiger partial charge on any atom is 0.318 e. The number of sulfone groups is 1. The molecule has 0 aliphatic carbocycles. The molecule has 0 aliphatic rings. The smallest absolute Gasteiger partial charge is 0.318 e. The Morgan fingerprint density at radius 1 is 1.17 bits per heavy atom. The topological polar surface area (TPSA) is 118 Å². The van der Waals surface area contributed by atoms with E-state index >= 15 is 0 Å². The number of rotatable bonds is 5. The van der Waals surface area contributed by atoms with Crippen LogP contribution in [0.4, 0.5) is 10.5 Å². The van der Waals surface area contributed by atoms with E-state index in [2.05, 4.69) is 5.32 Å². The van der Waals surface area contributed by atoms with Gasteiger partial charge in [0.05, 0.1) is 10.5 Å². The summed E-state index contributed by atoms with van der Waals surface area (Å²) in [5, 5.41) is 4.88. The number of nitrogens with two attached hydrogens (primary N) is 1. The number of urea groups is 1. The molecule has 0 saturated heterocycles. The molecule has 0 aromatic heterocycles. The molecule has 0 bridgehead atoms. The zero-order valence-corrected chi connectivity index (χ0v) is 14.5. The number of carbonyl (C=O) groups is 2. The SMILES string of the molecule is C[C@H](Nc1ccc(CS(=O)(=O)C(C)(C)C)cc1)C(=O)NC(N)=O. The van der Waals surface area contributed by atoms with Gasteiger partial charge in [0.25, 0.3) is 0 Å². The first-order valence-electron chi connectivity index (χ1n) is 7.10. The van der Waals surface area contributed by atoms with E-state index in [4.69, 9.17) is 5.73 Å². The van der Waals surface area contributed by atoms with Gasteiger partial charge >= 0.3 is 6.03 Å². The quantitative estimate of drug-likeness (QED) is 0.748. The van der Waals surface area contributed by atoms with Crippen molar-refractivity contribution in [1.82, 2.24) is 5.32 Å². The molecule has 23 heavy (non-hydrogen) atoms. The van der Waals surface area contributed by atoms with Gasteiger partial charge < -0.3 is 11.1 Å². The van der Waals surface area contributed by atoms with E-state index in [0.29, 0.717) is 11.3 Å². The van der Waals surface area contributed by atoms with Crippen LogP contribution < -0.4 is 16.4 Å². The van der Waals surface area contributed by atoms with Gasteiger partial charge in [0.15, 0.2) is 9.84 Å². The van der Waals surface area contributed by atoms with Crippen molar-refractivity contribution in [2.24, 2.45) is 5.73 Å². The second kappa shape index (κ2) is 6.99. The van der Waals surface area contributed by atoms with Crippen LogP contribution >= 0.6 is 0 Å². The standard InChI is InChI=1S/C15H23N3O4S/c1-10(13(19)18-14(16)20)17-12-7-5-11(6-8-12)9-23(21,22)15(2,3)4/h5-8,10,17H,9H2,1-4H3,(H3,16,18,19,20)/t10-/m0/s1. The molecule has 4 N–H and O–H groups in total. The number of primary amides is 1. The molecule has 0 unspecified atom stereocenters. The third-order valence-electron chi connectivity index (χ3n) is 3.27. The Morgan fingerprint density at radius 2 is 1.70 bits per heavy atom. The summed E-state index contributed by atoms with van der Waals surface area (Å²) in [6.07, 6.45) is 0. The number of anilines is 1. The molecule has 0 spiro atoms. The highest BCUT2D eigenvalue weighted by Crippen LogP contribution is 2.21. The lowest BCUT2D eigenvalue weighted by Crippen LogP contribution is -2.43. The zero-order chi connectivity index (χ0) is 17.8. The molecule has 128 valence electrons. The van der Waals surface area contributed by atoms with Gasteiger partial charge in [0, 0.05) is 5.69 Å². The van der Waals surface area contributed by atoms with Gasteiger partial charge in [-0.3, -0.25) is 10.1 Å². The Kier molecular flexibility index (Phi) is 5.76. The van der Waals surface area contributed by atoms with Crippen LogP contribution in [-0.2, 0) is 20.4 Å². The van der Waals surface area contributed by atoms with E-state index in [-0.39, 0.29) is 5.75 Å². The second-order valence-electron chi connectivity index (χ2n) is 6.29. The molecule has 7 nitrogen and oxygen atoms in total. The van der Waals surface area contributed by atoms with Crippen molar-refractivity contribution < 1.29 is 18.0 Å². The lowest BCUT2D eigenvalue weighted by Gasteiger charge is -2.19. The van der Waals surface area contributed by atoms with Crippen LogP contribution in [0.25, 0.3) is 0 Å². The number of amides is 3. The summed E-state index contributed by atoms with van der Waals surface area (Å²) in [5.41, 5.74) is 6.18. The van der Waals surface area contributed by atoms with Gasteiger partial charge in [-0.1, -0.05) is 12.1 Å². The molecule has 1 atom stereocenters. The fourth-order valence-electron chi connectivity index (χ4n) is 1.68. The van der Waals surface area contributed by atoms with Gasteiger partial charge in [0.1, 0.15) is 6.04 Å². The number of hydrogen-bond acceptors (Lipinski definition) is 5. The number of benzene rings is 1. The van der Waals surface area contributed by atoms with Crippen molar-refractivity contribution in [3.8, 4) is 0 Å². The number of nitrogens with one attached hydrogen (secondary N) is 2. The summed E-state index contributed by atoms with van der Waals surface area (Å²) in [5.74, 6) is -0.592. The van der Waals surface area contributed by atoms with E-state index in [0.717, 1.165) is 0 Å².